The molecule has 0 fully saturated rings. The van der Waals surface area contributed by atoms with Crippen molar-refractivity contribution in [2.75, 3.05) is 20.3 Å². The number of benzene rings is 1. The van der Waals surface area contributed by atoms with E-state index in [1.807, 2.05) is 24.3 Å². The summed E-state index contributed by atoms with van der Waals surface area (Å²) in [7, 11) is 1.58. The van der Waals surface area contributed by atoms with E-state index in [1.54, 1.807) is 14.0 Å². The third-order valence-corrected chi connectivity index (χ3v) is 3.52. The minimum absolute atomic E-state index is 0.215. The fraction of sp³-hybridized carbons (Fsp3) is 0.267. The zero-order valence-corrected chi connectivity index (χ0v) is 13.1. The topological polar surface area (TPSA) is 73.3 Å². The number of carbonyl (C=O) groups is 1. The highest BCUT2D eigenvalue weighted by Crippen LogP contribution is 2.25. The van der Waals surface area contributed by atoms with E-state index in [1.165, 1.54) is 0 Å². The molecule has 22 heavy (non-hydrogen) atoms. The molecule has 0 aliphatic carbocycles. The largest absolute Gasteiger partial charge is 0.493 e. The van der Waals surface area contributed by atoms with Crippen LogP contribution in [0.2, 0.25) is 0 Å². The first-order valence-electron chi connectivity index (χ1n) is 6.51. The van der Waals surface area contributed by atoms with Crippen LogP contribution in [0.25, 0.3) is 0 Å². The van der Waals surface area contributed by atoms with Gasteiger partial charge in [-0.05, 0) is 30.6 Å². The molecule has 0 saturated heterocycles. The number of hydrogen-bond donors (Lipinski definition) is 1. The molecule has 0 aliphatic rings. The van der Waals surface area contributed by atoms with Crippen LogP contribution in [0.15, 0.2) is 24.3 Å². The van der Waals surface area contributed by atoms with Crippen LogP contribution in [0.1, 0.15) is 15.4 Å². The van der Waals surface area contributed by atoms with Crippen molar-refractivity contribution >= 4 is 17.4 Å². The Hall–Kier alpha value is -2.59. The van der Waals surface area contributed by atoms with Crippen LogP contribution >= 0.6 is 11.5 Å². The molecule has 0 atom stereocenters. The maximum absolute atomic E-state index is 11.8. The summed E-state index contributed by atoms with van der Waals surface area (Å²) < 4.78 is 14.4. The smallest absolute Gasteiger partial charge is 0.265 e. The SMILES string of the molecule is COc1ccccc1OCC#CCNC(=O)c1snnc1C. The Balaban J connectivity index is 1.76. The van der Waals surface area contributed by atoms with E-state index in [0.29, 0.717) is 22.1 Å². The molecule has 1 heterocycles. The second-order valence-electron chi connectivity index (χ2n) is 4.16. The van der Waals surface area contributed by atoms with E-state index in [-0.39, 0.29) is 19.1 Å². The summed E-state index contributed by atoms with van der Waals surface area (Å²) in [5.74, 6) is 6.73. The van der Waals surface area contributed by atoms with Crippen LogP contribution in [-0.2, 0) is 0 Å². The number of rotatable bonds is 5. The second-order valence-corrected chi connectivity index (χ2v) is 4.92. The third kappa shape index (κ3) is 4.20. The Kier molecular flexibility index (Phi) is 5.74. The van der Waals surface area contributed by atoms with Gasteiger partial charge in [0.15, 0.2) is 11.5 Å². The molecule has 7 heteroatoms. The number of para-hydroxylation sites is 2. The van der Waals surface area contributed by atoms with E-state index in [4.69, 9.17) is 9.47 Å². The van der Waals surface area contributed by atoms with E-state index in [2.05, 4.69) is 26.7 Å². The van der Waals surface area contributed by atoms with Gasteiger partial charge in [-0.2, -0.15) is 0 Å². The average Bonchev–Trinajstić information content (AvgIpc) is 2.97. The molecule has 1 aromatic heterocycles. The van der Waals surface area contributed by atoms with Crippen molar-refractivity contribution in [2.24, 2.45) is 0 Å². The van der Waals surface area contributed by atoms with Crippen LogP contribution in [0.4, 0.5) is 0 Å². The Bertz CT molecular complexity index is 703. The molecule has 1 aromatic carbocycles. The summed E-state index contributed by atoms with van der Waals surface area (Å²) >= 11 is 1.07. The lowest BCUT2D eigenvalue weighted by molar-refractivity contribution is 0.0962. The van der Waals surface area contributed by atoms with Gasteiger partial charge in [0.2, 0.25) is 0 Å². The molecule has 0 aliphatic heterocycles. The molecule has 0 unspecified atom stereocenters. The quantitative estimate of drug-likeness (QED) is 0.849. The van der Waals surface area contributed by atoms with Crippen LogP contribution in [0.5, 0.6) is 11.5 Å². The van der Waals surface area contributed by atoms with Gasteiger partial charge in [-0.1, -0.05) is 28.5 Å². The Labute approximate surface area is 132 Å². The van der Waals surface area contributed by atoms with Crippen LogP contribution < -0.4 is 14.8 Å². The monoisotopic (exact) mass is 317 g/mol. The molecular formula is C15H15N3O3S. The summed E-state index contributed by atoms with van der Waals surface area (Å²) in [5.41, 5.74) is 0.620. The van der Waals surface area contributed by atoms with Crippen molar-refractivity contribution in [1.82, 2.24) is 14.9 Å². The van der Waals surface area contributed by atoms with Gasteiger partial charge in [0.1, 0.15) is 11.5 Å². The van der Waals surface area contributed by atoms with Crippen molar-refractivity contribution in [3.05, 3.63) is 34.8 Å². The predicted octanol–water partition coefficient (Wildman–Crippen LogP) is 1.67. The highest BCUT2D eigenvalue weighted by Gasteiger charge is 2.11. The molecule has 2 rings (SSSR count). The van der Waals surface area contributed by atoms with Crippen molar-refractivity contribution in [3.8, 4) is 23.3 Å². The van der Waals surface area contributed by atoms with E-state index in [0.717, 1.165) is 11.5 Å². The van der Waals surface area contributed by atoms with Gasteiger partial charge in [-0.25, -0.2) is 0 Å². The second kappa shape index (κ2) is 8.00. The number of aromatic nitrogens is 2. The molecule has 6 nitrogen and oxygen atoms in total. The van der Waals surface area contributed by atoms with Gasteiger partial charge < -0.3 is 14.8 Å². The lowest BCUT2D eigenvalue weighted by atomic mass is 10.3. The fourth-order valence-electron chi connectivity index (χ4n) is 1.61. The van der Waals surface area contributed by atoms with Crippen LogP contribution in [-0.4, -0.2) is 35.8 Å². The molecule has 1 amide bonds. The third-order valence-electron chi connectivity index (χ3n) is 2.69. The normalized spacial score (nSPS) is 9.55. The first-order chi connectivity index (χ1) is 10.7. The van der Waals surface area contributed by atoms with Crippen molar-refractivity contribution in [2.45, 2.75) is 6.92 Å². The molecule has 0 saturated carbocycles. The minimum Gasteiger partial charge on any atom is -0.493 e. The van der Waals surface area contributed by atoms with Gasteiger partial charge in [-0.3, -0.25) is 4.79 Å². The summed E-state index contributed by atoms with van der Waals surface area (Å²) in [6.07, 6.45) is 0. The first kappa shape index (κ1) is 15.8. The molecule has 0 spiro atoms. The van der Waals surface area contributed by atoms with Gasteiger partial charge >= 0.3 is 0 Å². The number of methoxy groups -OCH3 is 1. The van der Waals surface area contributed by atoms with E-state index >= 15 is 0 Å². The van der Waals surface area contributed by atoms with Gasteiger partial charge in [-0.15, -0.1) is 5.10 Å². The zero-order chi connectivity index (χ0) is 15.8. The van der Waals surface area contributed by atoms with Gasteiger partial charge in [0, 0.05) is 0 Å². The van der Waals surface area contributed by atoms with Crippen molar-refractivity contribution < 1.29 is 14.3 Å². The number of aryl methyl sites for hydroxylation is 1. The average molecular weight is 317 g/mol. The number of hydrogen-bond acceptors (Lipinski definition) is 6. The molecule has 1 N–H and O–H groups in total. The maximum Gasteiger partial charge on any atom is 0.265 e. The van der Waals surface area contributed by atoms with Crippen molar-refractivity contribution in [3.63, 3.8) is 0 Å². The molecule has 114 valence electrons. The number of amides is 1. The molecule has 0 radical (unpaired) electrons. The summed E-state index contributed by atoms with van der Waals surface area (Å²) in [4.78, 5) is 12.3. The Morgan fingerprint density at radius 1 is 1.32 bits per heavy atom. The Morgan fingerprint density at radius 3 is 2.77 bits per heavy atom. The van der Waals surface area contributed by atoms with Gasteiger partial charge in [0.05, 0.1) is 19.3 Å². The summed E-state index contributed by atoms with van der Waals surface area (Å²) in [5, 5.41) is 6.47. The van der Waals surface area contributed by atoms with Crippen LogP contribution in [0, 0.1) is 18.8 Å². The van der Waals surface area contributed by atoms with Gasteiger partial charge in [0.25, 0.3) is 5.91 Å². The number of ether oxygens (including phenoxy) is 2. The maximum atomic E-state index is 11.8. The first-order valence-corrected chi connectivity index (χ1v) is 7.28. The fourth-order valence-corrected chi connectivity index (χ4v) is 2.18. The molecule has 0 bridgehead atoms. The van der Waals surface area contributed by atoms with Crippen LogP contribution in [0.3, 0.4) is 0 Å². The van der Waals surface area contributed by atoms with Crippen molar-refractivity contribution in [1.29, 1.82) is 0 Å². The highest BCUT2D eigenvalue weighted by atomic mass is 32.1. The highest BCUT2D eigenvalue weighted by molar-refractivity contribution is 7.07. The molecular weight excluding hydrogens is 302 g/mol. The van der Waals surface area contributed by atoms with E-state index < -0.39 is 0 Å². The Morgan fingerprint density at radius 2 is 2.09 bits per heavy atom. The zero-order valence-electron chi connectivity index (χ0n) is 12.3. The number of carbonyl (C=O) groups excluding carboxylic acids is 1. The predicted molar refractivity (Wildman–Crippen MR) is 83.2 cm³/mol. The standard InChI is InChI=1S/C15H15N3O3S/c1-11-14(22-18-17-11)15(19)16-9-5-6-10-21-13-8-4-3-7-12(13)20-2/h3-4,7-8H,9-10H2,1-2H3,(H,16,19). The number of nitrogens with zero attached hydrogens (tertiary/aromatic N) is 2. The van der Waals surface area contributed by atoms with E-state index in [9.17, 15) is 4.79 Å². The lowest BCUT2D eigenvalue weighted by Crippen LogP contribution is -2.23. The lowest BCUT2D eigenvalue weighted by Gasteiger charge is -2.07. The minimum atomic E-state index is -0.215. The molecule has 2 aromatic rings. The number of nitrogens with one attached hydrogen (secondary N) is 1. The summed E-state index contributed by atoms with van der Waals surface area (Å²) in [6, 6.07) is 7.34. The summed E-state index contributed by atoms with van der Waals surface area (Å²) in [6.45, 7) is 2.20.